The van der Waals surface area contributed by atoms with Crippen molar-refractivity contribution >= 4 is 23.3 Å². The average Bonchev–Trinajstić information content (AvgIpc) is 3.51. The van der Waals surface area contributed by atoms with Gasteiger partial charge >= 0.3 is 12.4 Å². The molecule has 10 heteroatoms. The Morgan fingerprint density at radius 3 is 2.17 bits per heavy atom. The molecule has 0 heterocycles. The lowest BCUT2D eigenvalue weighted by Crippen LogP contribution is -2.38. The molecule has 2 aromatic rings. The van der Waals surface area contributed by atoms with Gasteiger partial charge in [-0.05, 0) is 54.8 Å². The Morgan fingerprint density at radius 1 is 0.966 bits per heavy atom. The normalized spacial score (nSPS) is 13.3. The molecule has 0 radical (unpaired) electrons. The topological polar surface area (TPSA) is 91.5 Å². The van der Waals surface area contributed by atoms with E-state index in [4.69, 9.17) is 0 Å². The van der Waals surface area contributed by atoms with Crippen LogP contribution in [0.3, 0.4) is 0 Å². The zero-order valence-electron chi connectivity index (χ0n) is 15.2. The fourth-order valence-corrected chi connectivity index (χ4v) is 2.39. The summed E-state index contributed by atoms with van der Waals surface area (Å²) in [6.07, 6.45) is -2.89. The van der Waals surface area contributed by atoms with Gasteiger partial charge in [-0.25, -0.2) is 4.79 Å². The maximum absolute atomic E-state index is 12.1. The van der Waals surface area contributed by atoms with E-state index in [1.54, 1.807) is 24.3 Å². The molecule has 4 N–H and O–H groups in total. The van der Waals surface area contributed by atoms with Gasteiger partial charge < -0.3 is 15.4 Å². The number of amides is 3. The second-order valence-corrected chi connectivity index (χ2v) is 6.47. The van der Waals surface area contributed by atoms with Crippen LogP contribution in [0, 0.1) is 5.92 Å². The molecule has 2 aromatic carbocycles. The number of hydrogen-bond donors (Lipinski definition) is 4. The summed E-state index contributed by atoms with van der Waals surface area (Å²) in [5.74, 6) is -0.204. The van der Waals surface area contributed by atoms with E-state index >= 15 is 0 Å². The molecule has 0 spiro atoms. The molecule has 0 aromatic heterocycles. The van der Waals surface area contributed by atoms with Gasteiger partial charge in [0.2, 0.25) is 5.91 Å². The number of benzene rings is 2. The Morgan fingerprint density at radius 2 is 1.59 bits per heavy atom. The van der Waals surface area contributed by atoms with Gasteiger partial charge in [-0.2, -0.15) is 0 Å². The summed E-state index contributed by atoms with van der Waals surface area (Å²) >= 11 is 0. The summed E-state index contributed by atoms with van der Waals surface area (Å²) in [5, 5.41) is 5.46. The average molecular weight is 408 g/mol. The summed E-state index contributed by atoms with van der Waals surface area (Å²) in [7, 11) is 0. The van der Waals surface area contributed by atoms with Gasteiger partial charge in [0.1, 0.15) is 5.75 Å². The van der Waals surface area contributed by atoms with Crippen molar-refractivity contribution in [3.8, 4) is 5.75 Å². The van der Waals surface area contributed by atoms with Crippen LogP contribution >= 0.6 is 0 Å². The lowest BCUT2D eigenvalue weighted by atomic mass is 10.2. The first-order chi connectivity index (χ1) is 13.8. The molecule has 0 unspecified atom stereocenters. The van der Waals surface area contributed by atoms with Crippen LogP contribution in [-0.2, 0) is 11.3 Å². The Bertz CT molecular complexity index is 850. The lowest BCUT2D eigenvalue weighted by molar-refractivity contribution is -0.274. The quantitative estimate of drug-likeness (QED) is 0.525. The molecular weight excluding hydrogens is 389 g/mol. The maximum Gasteiger partial charge on any atom is 0.573 e. The van der Waals surface area contributed by atoms with Gasteiger partial charge in [0.05, 0.1) is 5.69 Å². The van der Waals surface area contributed by atoms with Crippen LogP contribution < -0.4 is 26.2 Å². The molecule has 29 heavy (non-hydrogen) atoms. The number of alkyl halides is 3. The predicted molar refractivity (Wildman–Crippen MR) is 99.9 cm³/mol. The molecule has 0 aliphatic heterocycles. The Labute approximate surface area is 164 Å². The molecule has 3 amide bonds. The molecular formula is C19H19F3N4O3. The van der Waals surface area contributed by atoms with Crippen molar-refractivity contribution in [2.75, 3.05) is 10.7 Å². The highest BCUT2D eigenvalue weighted by Gasteiger charge is 2.31. The second kappa shape index (κ2) is 8.72. The molecule has 0 bridgehead atoms. The van der Waals surface area contributed by atoms with Crippen LogP contribution in [0.2, 0.25) is 0 Å². The van der Waals surface area contributed by atoms with Crippen molar-refractivity contribution in [2.45, 2.75) is 25.7 Å². The van der Waals surface area contributed by atoms with E-state index in [1.165, 1.54) is 12.1 Å². The Balaban J connectivity index is 1.38. The molecule has 0 saturated heterocycles. The van der Waals surface area contributed by atoms with Crippen LogP contribution in [0.1, 0.15) is 18.4 Å². The third-order valence-electron chi connectivity index (χ3n) is 4.03. The Kier molecular flexibility index (Phi) is 6.10. The minimum atomic E-state index is -4.76. The zero-order chi connectivity index (χ0) is 20.9. The van der Waals surface area contributed by atoms with E-state index in [-0.39, 0.29) is 24.1 Å². The maximum atomic E-state index is 12.1. The number of halogens is 3. The molecule has 1 aliphatic carbocycles. The number of urea groups is 1. The second-order valence-electron chi connectivity index (χ2n) is 6.47. The number of carbonyl (C=O) groups is 2. The van der Waals surface area contributed by atoms with E-state index in [0.717, 1.165) is 30.5 Å². The SMILES string of the molecule is O=C(NCc1ccc(NC(=O)C2CC2)cc1)NNc1ccc(OC(F)(F)F)cc1. The van der Waals surface area contributed by atoms with Gasteiger partial charge in [0.15, 0.2) is 0 Å². The largest absolute Gasteiger partial charge is 0.573 e. The summed E-state index contributed by atoms with van der Waals surface area (Å²) in [6, 6.07) is 11.5. The van der Waals surface area contributed by atoms with E-state index < -0.39 is 12.4 Å². The minimum Gasteiger partial charge on any atom is -0.406 e. The van der Waals surface area contributed by atoms with Crippen molar-refractivity contribution in [1.29, 1.82) is 0 Å². The third-order valence-corrected chi connectivity index (χ3v) is 4.03. The fourth-order valence-electron chi connectivity index (χ4n) is 2.39. The minimum absolute atomic E-state index is 0.0272. The van der Waals surface area contributed by atoms with Crippen LogP contribution in [0.25, 0.3) is 0 Å². The van der Waals surface area contributed by atoms with E-state index in [2.05, 4.69) is 26.2 Å². The number of ether oxygens (including phenoxy) is 1. The molecule has 0 atom stereocenters. The van der Waals surface area contributed by atoms with Gasteiger partial charge in [-0.3, -0.25) is 15.6 Å². The molecule has 7 nitrogen and oxygen atoms in total. The number of anilines is 2. The van der Waals surface area contributed by atoms with E-state index in [9.17, 15) is 22.8 Å². The van der Waals surface area contributed by atoms with Gasteiger partial charge in [-0.15, -0.1) is 13.2 Å². The van der Waals surface area contributed by atoms with Gasteiger partial charge in [0.25, 0.3) is 0 Å². The zero-order valence-corrected chi connectivity index (χ0v) is 15.2. The van der Waals surface area contributed by atoms with E-state index in [1.807, 2.05) is 0 Å². The predicted octanol–water partition coefficient (Wildman–Crippen LogP) is 3.76. The van der Waals surface area contributed by atoms with Crippen LogP contribution in [0.5, 0.6) is 5.75 Å². The summed E-state index contributed by atoms with van der Waals surface area (Å²) in [4.78, 5) is 23.5. The molecule has 1 saturated carbocycles. The highest BCUT2D eigenvalue weighted by atomic mass is 19.4. The molecule has 3 rings (SSSR count). The van der Waals surface area contributed by atoms with Crippen LogP contribution in [-0.4, -0.2) is 18.3 Å². The van der Waals surface area contributed by atoms with Crippen molar-refractivity contribution in [3.05, 3.63) is 54.1 Å². The first kappa shape index (κ1) is 20.3. The monoisotopic (exact) mass is 408 g/mol. The smallest absolute Gasteiger partial charge is 0.406 e. The standard InChI is InChI=1S/C19H19F3N4O3/c20-19(21,22)29-16-9-7-15(8-10-16)25-26-18(28)23-11-12-1-5-14(6-2-12)24-17(27)13-3-4-13/h1-2,5-10,13,25H,3-4,11H2,(H,24,27)(H2,23,26,28). The summed E-state index contributed by atoms with van der Waals surface area (Å²) < 4.78 is 40.1. The fraction of sp³-hybridized carbons (Fsp3) is 0.263. The highest BCUT2D eigenvalue weighted by molar-refractivity contribution is 5.94. The number of nitrogens with one attached hydrogen (secondary N) is 4. The van der Waals surface area contributed by atoms with Crippen molar-refractivity contribution in [2.24, 2.45) is 5.92 Å². The van der Waals surface area contributed by atoms with Gasteiger partial charge in [-0.1, -0.05) is 12.1 Å². The summed E-state index contributed by atoms with van der Waals surface area (Å²) in [5.41, 5.74) is 6.86. The first-order valence-corrected chi connectivity index (χ1v) is 8.84. The molecule has 1 aliphatic rings. The van der Waals surface area contributed by atoms with Crippen molar-refractivity contribution in [1.82, 2.24) is 10.7 Å². The van der Waals surface area contributed by atoms with Crippen LogP contribution in [0.15, 0.2) is 48.5 Å². The summed E-state index contributed by atoms with van der Waals surface area (Å²) in [6.45, 7) is 0.253. The lowest BCUT2D eigenvalue weighted by Gasteiger charge is -2.12. The first-order valence-electron chi connectivity index (χ1n) is 8.84. The molecule has 1 fully saturated rings. The van der Waals surface area contributed by atoms with Gasteiger partial charge in [0, 0.05) is 18.2 Å². The number of carbonyl (C=O) groups excluding carboxylic acids is 2. The van der Waals surface area contributed by atoms with Crippen LogP contribution in [0.4, 0.5) is 29.3 Å². The number of rotatable bonds is 7. The molecule has 154 valence electrons. The Hall–Kier alpha value is -3.43. The number of hydrazine groups is 1. The number of hydrogen-bond acceptors (Lipinski definition) is 4. The third kappa shape index (κ3) is 6.91. The van der Waals surface area contributed by atoms with E-state index in [0.29, 0.717) is 11.4 Å². The van der Waals surface area contributed by atoms with Crippen molar-refractivity contribution < 1.29 is 27.5 Å². The highest BCUT2D eigenvalue weighted by Crippen LogP contribution is 2.30. The van der Waals surface area contributed by atoms with Crippen molar-refractivity contribution in [3.63, 3.8) is 0 Å².